The van der Waals surface area contributed by atoms with Gasteiger partial charge in [0.2, 0.25) is 0 Å². The minimum atomic E-state index is 0.408. The fraction of sp³-hybridized carbons (Fsp3) is 0.375. The molecule has 0 spiro atoms. The summed E-state index contributed by atoms with van der Waals surface area (Å²) < 4.78 is 10.7. The van der Waals surface area contributed by atoms with Crippen molar-refractivity contribution < 1.29 is 9.47 Å². The number of nitrogens with zero attached hydrogens (tertiary/aromatic N) is 1. The molecule has 3 nitrogen and oxygen atoms in total. The van der Waals surface area contributed by atoms with Crippen molar-refractivity contribution in [2.75, 3.05) is 31.2 Å². The van der Waals surface area contributed by atoms with Crippen LogP contribution in [-0.2, 0) is 9.47 Å². The van der Waals surface area contributed by atoms with E-state index in [1.54, 1.807) is 0 Å². The smallest absolute Gasteiger partial charge is 0.0984 e. The van der Waals surface area contributed by atoms with Crippen LogP contribution in [0.2, 0.25) is 0 Å². The highest BCUT2D eigenvalue weighted by molar-refractivity contribution is 5.85. The van der Waals surface area contributed by atoms with E-state index < -0.39 is 0 Å². The van der Waals surface area contributed by atoms with Crippen LogP contribution in [0.1, 0.15) is 0 Å². The molecule has 0 aliphatic carbocycles. The minimum absolute atomic E-state index is 0.408. The predicted octanol–water partition coefficient (Wildman–Crippen LogP) is 2.44. The summed E-state index contributed by atoms with van der Waals surface area (Å²) in [6.07, 6.45) is 0.815. The lowest BCUT2D eigenvalue weighted by Gasteiger charge is -2.23. The maximum absolute atomic E-state index is 5.37. The molecule has 3 heteroatoms. The zero-order valence-electron chi connectivity index (χ0n) is 10.8. The summed E-state index contributed by atoms with van der Waals surface area (Å²) in [5.74, 6) is 0. The summed E-state index contributed by atoms with van der Waals surface area (Å²) in [7, 11) is 0. The van der Waals surface area contributed by atoms with Gasteiger partial charge in [-0.05, 0) is 22.9 Å². The topological polar surface area (TPSA) is 28.3 Å². The normalized spacial score (nSPS) is 24.4. The molecular weight excluding hydrogens is 238 g/mol. The third kappa shape index (κ3) is 2.57. The highest BCUT2D eigenvalue weighted by atomic mass is 16.6. The van der Waals surface area contributed by atoms with Gasteiger partial charge in [0.15, 0.2) is 0 Å². The van der Waals surface area contributed by atoms with Crippen molar-refractivity contribution in [2.24, 2.45) is 0 Å². The Morgan fingerprint density at radius 1 is 0.895 bits per heavy atom. The Bertz CT molecular complexity index is 576. The summed E-state index contributed by atoms with van der Waals surface area (Å²) in [6.45, 7) is 3.74. The van der Waals surface area contributed by atoms with E-state index in [2.05, 4.69) is 47.4 Å². The van der Waals surface area contributed by atoms with E-state index >= 15 is 0 Å². The third-order valence-corrected chi connectivity index (χ3v) is 3.75. The lowest BCUT2D eigenvalue weighted by molar-refractivity contribution is 0.389. The highest BCUT2D eigenvalue weighted by Gasteiger charge is 2.30. The van der Waals surface area contributed by atoms with E-state index in [0.29, 0.717) is 12.2 Å². The largest absolute Gasteiger partial charge is 0.371 e. The van der Waals surface area contributed by atoms with Gasteiger partial charge >= 0.3 is 0 Å². The lowest BCUT2D eigenvalue weighted by atomic mass is 10.1. The van der Waals surface area contributed by atoms with Crippen LogP contribution in [0.5, 0.6) is 0 Å². The average Bonchev–Trinajstić information content (AvgIpc) is 3.33. The van der Waals surface area contributed by atoms with Crippen LogP contribution in [-0.4, -0.2) is 38.5 Å². The number of anilines is 1. The maximum Gasteiger partial charge on any atom is 0.0984 e. The Balaban J connectivity index is 1.63. The number of rotatable bonds is 5. The first-order valence-electron chi connectivity index (χ1n) is 6.85. The summed E-state index contributed by atoms with van der Waals surface area (Å²) in [4.78, 5) is 2.39. The van der Waals surface area contributed by atoms with Crippen LogP contribution in [0.4, 0.5) is 5.69 Å². The van der Waals surface area contributed by atoms with Crippen LogP contribution in [0.15, 0.2) is 42.5 Å². The molecule has 19 heavy (non-hydrogen) atoms. The summed E-state index contributed by atoms with van der Waals surface area (Å²) in [6, 6.07) is 15.1. The SMILES string of the molecule is c1ccc2cc(N(CC3CO3)CC3CO3)ccc2c1. The van der Waals surface area contributed by atoms with Gasteiger partial charge in [-0.15, -0.1) is 0 Å². The van der Waals surface area contributed by atoms with Crippen LogP contribution in [0.25, 0.3) is 10.8 Å². The molecule has 2 fully saturated rings. The molecule has 2 atom stereocenters. The van der Waals surface area contributed by atoms with E-state index in [1.165, 1.54) is 16.5 Å². The summed E-state index contributed by atoms with van der Waals surface area (Å²) in [5.41, 5.74) is 1.27. The van der Waals surface area contributed by atoms with Crippen LogP contribution in [0, 0.1) is 0 Å². The second-order valence-electron chi connectivity index (χ2n) is 5.35. The number of epoxide rings is 2. The van der Waals surface area contributed by atoms with Crippen molar-refractivity contribution in [3.63, 3.8) is 0 Å². The van der Waals surface area contributed by atoms with Crippen molar-refractivity contribution in [3.05, 3.63) is 42.5 Å². The Morgan fingerprint density at radius 3 is 2.16 bits per heavy atom. The molecule has 0 radical (unpaired) electrons. The van der Waals surface area contributed by atoms with Crippen LogP contribution >= 0.6 is 0 Å². The number of hydrogen-bond donors (Lipinski definition) is 0. The van der Waals surface area contributed by atoms with E-state index in [0.717, 1.165) is 26.3 Å². The molecule has 0 saturated carbocycles. The van der Waals surface area contributed by atoms with Gasteiger partial charge in [-0.2, -0.15) is 0 Å². The van der Waals surface area contributed by atoms with Crippen molar-refractivity contribution in [1.82, 2.24) is 0 Å². The molecule has 2 aromatic rings. The zero-order valence-corrected chi connectivity index (χ0v) is 10.8. The zero-order chi connectivity index (χ0) is 12.7. The first-order valence-corrected chi connectivity index (χ1v) is 6.85. The maximum atomic E-state index is 5.37. The fourth-order valence-electron chi connectivity index (χ4n) is 2.50. The van der Waals surface area contributed by atoms with Crippen LogP contribution < -0.4 is 4.90 Å². The molecule has 2 heterocycles. The second kappa shape index (κ2) is 4.51. The van der Waals surface area contributed by atoms with E-state index in [9.17, 15) is 0 Å². The molecule has 2 aliphatic rings. The first-order chi connectivity index (χ1) is 9.38. The molecule has 0 amide bonds. The van der Waals surface area contributed by atoms with Gasteiger partial charge in [0.25, 0.3) is 0 Å². The summed E-state index contributed by atoms with van der Waals surface area (Å²) in [5, 5.41) is 2.58. The number of benzene rings is 2. The average molecular weight is 255 g/mol. The number of fused-ring (bicyclic) bond motifs is 1. The van der Waals surface area contributed by atoms with Gasteiger partial charge < -0.3 is 14.4 Å². The van der Waals surface area contributed by atoms with Crippen LogP contribution in [0.3, 0.4) is 0 Å². The van der Waals surface area contributed by atoms with Gasteiger partial charge in [0.05, 0.1) is 25.4 Å². The van der Waals surface area contributed by atoms with E-state index in [-0.39, 0.29) is 0 Å². The monoisotopic (exact) mass is 255 g/mol. The van der Waals surface area contributed by atoms with Crippen molar-refractivity contribution in [1.29, 1.82) is 0 Å². The van der Waals surface area contributed by atoms with E-state index in [1.807, 2.05) is 0 Å². The molecule has 2 aliphatic heterocycles. The summed E-state index contributed by atoms with van der Waals surface area (Å²) >= 11 is 0. The molecule has 0 bridgehead atoms. The van der Waals surface area contributed by atoms with Gasteiger partial charge in [-0.25, -0.2) is 0 Å². The van der Waals surface area contributed by atoms with Crippen molar-refractivity contribution in [2.45, 2.75) is 12.2 Å². The minimum Gasteiger partial charge on any atom is -0.371 e. The third-order valence-electron chi connectivity index (χ3n) is 3.75. The van der Waals surface area contributed by atoms with Crippen molar-refractivity contribution in [3.8, 4) is 0 Å². The Hall–Kier alpha value is -1.58. The molecule has 2 saturated heterocycles. The second-order valence-corrected chi connectivity index (χ2v) is 5.35. The molecule has 0 aromatic heterocycles. The number of hydrogen-bond acceptors (Lipinski definition) is 3. The van der Waals surface area contributed by atoms with Crippen molar-refractivity contribution >= 4 is 16.5 Å². The number of ether oxygens (including phenoxy) is 2. The first kappa shape index (κ1) is 11.3. The van der Waals surface area contributed by atoms with Gasteiger partial charge in [0, 0.05) is 18.8 Å². The Kier molecular flexibility index (Phi) is 2.67. The van der Waals surface area contributed by atoms with Gasteiger partial charge in [0.1, 0.15) is 0 Å². The predicted molar refractivity (Wildman–Crippen MR) is 75.6 cm³/mol. The Morgan fingerprint density at radius 2 is 1.53 bits per heavy atom. The fourth-order valence-corrected chi connectivity index (χ4v) is 2.50. The molecule has 0 N–H and O–H groups in total. The molecule has 4 rings (SSSR count). The molecular formula is C16H17NO2. The van der Waals surface area contributed by atoms with Gasteiger partial charge in [-0.3, -0.25) is 0 Å². The van der Waals surface area contributed by atoms with Gasteiger partial charge in [-0.1, -0.05) is 30.3 Å². The molecule has 2 aromatic carbocycles. The quantitative estimate of drug-likeness (QED) is 0.768. The Labute approximate surface area is 112 Å². The standard InChI is InChI=1S/C16H17NO2/c1-2-4-13-7-14(6-5-12(13)3-1)17(8-15-10-18-15)9-16-11-19-16/h1-7,15-16H,8-11H2. The lowest BCUT2D eigenvalue weighted by Crippen LogP contribution is -2.31. The molecule has 2 unspecified atom stereocenters. The molecule has 98 valence electrons. The van der Waals surface area contributed by atoms with E-state index in [4.69, 9.17) is 9.47 Å². The highest BCUT2D eigenvalue weighted by Crippen LogP contribution is 2.26.